The number of ether oxygens (including phenoxy) is 2. The molecule has 27 heavy (non-hydrogen) atoms. The molecule has 136 valence electrons. The minimum atomic E-state index is -1.06. The van der Waals surface area contributed by atoms with Crippen LogP contribution >= 0.6 is 0 Å². The molecule has 1 aliphatic heterocycles. The van der Waals surface area contributed by atoms with Crippen molar-refractivity contribution in [1.29, 1.82) is 0 Å². The van der Waals surface area contributed by atoms with Gasteiger partial charge in [-0.3, -0.25) is 4.79 Å². The number of carbonyl (C=O) groups is 2. The van der Waals surface area contributed by atoms with Gasteiger partial charge >= 0.3 is 29.6 Å². The van der Waals surface area contributed by atoms with E-state index < -0.39 is 11.9 Å². The van der Waals surface area contributed by atoms with Gasteiger partial charge in [-0.1, -0.05) is 31.2 Å². The van der Waals surface area contributed by atoms with Gasteiger partial charge in [0, 0.05) is 5.97 Å². The number of benzene rings is 2. The molecule has 7 heteroatoms. The van der Waals surface area contributed by atoms with Crippen molar-refractivity contribution in [3.63, 3.8) is 0 Å². The third-order valence-corrected chi connectivity index (χ3v) is 4.28. The molecule has 0 saturated heterocycles. The number of amides is 1. The van der Waals surface area contributed by atoms with E-state index >= 15 is 0 Å². The van der Waals surface area contributed by atoms with Crippen LogP contribution in [0.15, 0.2) is 48.5 Å². The van der Waals surface area contributed by atoms with E-state index in [4.69, 9.17) is 9.47 Å². The number of fused-ring (bicyclic) bond motifs is 1. The van der Waals surface area contributed by atoms with Crippen LogP contribution in [-0.2, 0) is 11.2 Å². The first-order valence-corrected chi connectivity index (χ1v) is 8.48. The van der Waals surface area contributed by atoms with Crippen molar-refractivity contribution in [3.8, 4) is 11.5 Å². The standard InChI is InChI=1S/C20H21NO5.Na/c1-14(20(23)24)12-15-6-8-16(9-7-15)25-11-10-21-13-26-18-5-3-2-4-17(18)19(21)22;/h2-9,14H,10-13H2,1H3,(H,23,24);/q;+1/p-1. The maximum atomic E-state index is 12.4. The predicted molar refractivity (Wildman–Crippen MR) is 92.8 cm³/mol. The number of hydrogen-bond donors (Lipinski definition) is 0. The molecule has 0 aliphatic carbocycles. The third kappa shape index (κ3) is 5.48. The maximum Gasteiger partial charge on any atom is 1.00 e. The van der Waals surface area contributed by atoms with Crippen molar-refractivity contribution in [1.82, 2.24) is 4.90 Å². The van der Waals surface area contributed by atoms with Crippen molar-refractivity contribution in [2.45, 2.75) is 13.3 Å². The second kappa shape index (κ2) is 9.78. The molecule has 2 aromatic carbocycles. The number of aliphatic carboxylic acids is 1. The number of carbonyl (C=O) groups excluding carboxylic acids is 2. The summed E-state index contributed by atoms with van der Waals surface area (Å²) in [6, 6.07) is 14.4. The summed E-state index contributed by atoms with van der Waals surface area (Å²) in [6.45, 7) is 2.58. The third-order valence-electron chi connectivity index (χ3n) is 4.28. The summed E-state index contributed by atoms with van der Waals surface area (Å²) in [5, 5.41) is 10.8. The second-order valence-corrected chi connectivity index (χ2v) is 6.25. The Balaban J connectivity index is 0.00000261. The van der Waals surface area contributed by atoms with E-state index in [1.807, 2.05) is 24.3 Å². The molecule has 0 N–H and O–H groups in total. The molecule has 0 aromatic heterocycles. The largest absolute Gasteiger partial charge is 1.00 e. The predicted octanol–water partition coefficient (Wildman–Crippen LogP) is -1.51. The van der Waals surface area contributed by atoms with Crippen molar-refractivity contribution >= 4 is 11.9 Å². The molecule has 1 unspecified atom stereocenters. The quantitative estimate of drug-likeness (QED) is 0.549. The van der Waals surface area contributed by atoms with Gasteiger partial charge in [0.1, 0.15) is 18.1 Å². The summed E-state index contributed by atoms with van der Waals surface area (Å²) >= 11 is 0. The molecule has 1 atom stereocenters. The van der Waals surface area contributed by atoms with Crippen LogP contribution in [-0.4, -0.2) is 36.7 Å². The van der Waals surface area contributed by atoms with E-state index in [-0.39, 0.29) is 42.2 Å². The van der Waals surface area contributed by atoms with Gasteiger partial charge in [-0.15, -0.1) is 0 Å². The van der Waals surface area contributed by atoms with E-state index in [2.05, 4.69) is 0 Å². The number of carboxylic acids is 1. The molecule has 2 aromatic rings. The van der Waals surface area contributed by atoms with Crippen LogP contribution in [0.4, 0.5) is 0 Å². The van der Waals surface area contributed by atoms with Gasteiger partial charge in [0.15, 0.2) is 6.73 Å². The van der Waals surface area contributed by atoms with Gasteiger partial charge < -0.3 is 24.3 Å². The fourth-order valence-corrected chi connectivity index (χ4v) is 2.74. The first-order valence-electron chi connectivity index (χ1n) is 8.48. The zero-order valence-electron chi connectivity index (χ0n) is 15.5. The Morgan fingerprint density at radius 3 is 2.63 bits per heavy atom. The molecule has 0 bridgehead atoms. The molecule has 0 spiro atoms. The van der Waals surface area contributed by atoms with E-state index in [1.165, 1.54) is 0 Å². The fourth-order valence-electron chi connectivity index (χ4n) is 2.74. The average molecular weight is 377 g/mol. The Kier molecular flexibility index (Phi) is 7.71. The summed E-state index contributed by atoms with van der Waals surface area (Å²) in [7, 11) is 0. The van der Waals surface area contributed by atoms with E-state index in [9.17, 15) is 14.7 Å². The van der Waals surface area contributed by atoms with Crippen molar-refractivity contribution in [2.24, 2.45) is 5.92 Å². The Hall–Kier alpha value is -2.02. The van der Waals surface area contributed by atoms with Crippen molar-refractivity contribution in [3.05, 3.63) is 59.7 Å². The molecule has 0 radical (unpaired) electrons. The van der Waals surface area contributed by atoms with Crippen molar-refractivity contribution < 1.29 is 53.7 Å². The molecular weight excluding hydrogens is 357 g/mol. The first kappa shape index (κ1) is 21.3. The summed E-state index contributed by atoms with van der Waals surface area (Å²) in [5.41, 5.74) is 1.47. The molecule has 1 amide bonds. The topological polar surface area (TPSA) is 78.9 Å². The molecule has 0 saturated carbocycles. The number of nitrogens with zero attached hydrogens (tertiary/aromatic N) is 1. The molecule has 3 rings (SSSR count). The van der Waals surface area contributed by atoms with Crippen LogP contribution in [0.3, 0.4) is 0 Å². The van der Waals surface area contributed by atoms with E-state index in [1.54, 1.807) is 36.1 Å². The van der Waals surface area contributed by atoms with Gasteiger partial charge in [0.05, 0.1) is 12.1 Å². The Morgan fingerprint density at radius 1 is 1.22 bits per heavy atom. The zero-order chi connectivity index (χ0) is 18.5. The Morgan fingerprint density at radius 2 is 1.93 bits per heavy atom. The smallest absolute Gasteiger partial charge is 0.550 e. The Bertz CT molecular complexity index is 793. The van der Waals surface area contributed by atoms with E-state index in [0.717, 1.165) is 5.56 Å². The van der Waals surface area contributed by atoms with Gasteiger partial charge in [-0.2, -0.15) is 0 Å². The summed E-state index contributed by atoms with van der Waals surface area (Å²) < 4.78 is 11.3. The number of hydrogen-bond acceptors (Lipinski definition) is 5. The number of para-hydroxylation sites is 1. The minimum absolute atomic E-state index is 0. The Labute approximate surface area is 180 Å². The first-order chi connectivity index (χ1) is 12.5. The summed E-state index contributed by atoms with van der Waals surface area (Å²) in [4.78, 5) is 24.8. The van der Waals surface area contributed by atoms with Crippen LogP contribution in [0.1, 0.15) is 22.8 Å². The fraction of sp³-hybridized carbons (Fsp3) is 0.300. The molecule has 0 fully saturated rings. The molecular formula is C20H20NNaO5. The second-order valence-electron chi connectivity index (χ2n) is 6.25. The normalized spacial score (nSPS) is 13.8. The zero-order valence-corrected chi connectivity index (χ0v) is 17.5. The molecule has 1 heterocycles. The van der Waals surface area contributed by atoms with Gasteiger partial charge in [-0.25, -0.2) is 0 Å². The van der Waals surface area contributed by atoms with Gasteiger partial charge in [0.2, 0.25) is 0 Å². The average Bonchev–Trinajstić information content (AvgIpc) is 2.65. The molecule has 1 aliphatic rings. The number of rotatable bonds is 7. The number of carboxylic acid groups (broad SMARTS) is 1. The monoisotopic (exact) mass is 377 g/mol. The van der Waals surface area contributed by atoms with Crippen LogP contribution in [0.25, 0.3) is 0 Å². The summed E-state index contributed by atoms with van der Waals surface area (Å²) in [5.74, 6) is -0.381. The van der Waals surface area contributed by atoms with Crippen LogP contribution in [0.5, 0.6) is 11.5 Å². The SMILES string of the molecule is CC(Cc1ccc(OCCN2COc3ccccc3C2=O)cc1)C(=O)[O-].[Na+]. The van der Waals surface area contributed by atoms with E-state index in [0.29, 0.717) is 36.6 Å². The molecule has 6 nitrogen and oxygen atoms in total. The van der Waals surface area contributed by atoms with Crippen LogP contribution in [0.2, 0.25) is 0 Å². The summed E-state index contributed by atoms with van der Waals surface area (Å²) in [6.07, 6.45) is 0.418. The minimum Gasteiger partial charge on any atom is -0.550 e. The van der Waals surface area contributed by atoms with Crippen LogP contribution < -0.4 is 44.1 Å². The van der Waals surface area contributed by atoms with Crippen molar-refractivity contribution in [2.75, 3.05) is 19.9 Å². The maximum absolute atomic E-state index is 12.4. The van der Waals surface area contributed by atoms with Crippen LogP contribution in [0, 0.1) is 5.92 Å². The van der Waals surface area contributed by atoms with Gasteiger partial charge in [-0.05, 0) is 42.2 Å². The van der Waals surface area contributed by atoms with Gasteiger partial charge in [0.25, 0.3) is 5.91 Å².